The predicted octanol–water partition coefficient (Wildman–Crippen LogP) is 5.91. The number of fused-ring (bicyclic) bond motifs is 2. The second-order valence-electron chi connectivity index (χ2n) is 11.3. The van der Waals surface area contributed by atoms with Crippen LogP contribution in [0.4, 0.5) is 4.79 Å². The molecule has 2 aliphatic rings. The first-order valence-corrected chi connectivity index (χ1v) is 15.7. The van der Waals surface area contributed by atoms with Crippen LogP contribution in [0.15, 0.2) is 36.7 Å². The van der Waals surface area contributed by atoms with Crippen molar-refractivity contribution in [3.8, 4) is 21.8 Å². The highest BCUT2D eigenvalue weighted by atomic mass is 32.2. The number of carbonyl (C=O) groups excluding carboxylic acids is 1. The van der Waals surface area contributed by atoms with Gasteiger partial charge in [0.15, 0.2) is 0 Å². The first-order valence-electron chi connectivity index (χ1n) is 13.4. The summed E-state index contributed by atoms with van der Waals surface area (Å²) in [6, 6.07) is 8.58. The standard InChI is InChI=1S/C29H33N5O3S2/c1-18-30-16-26(38-18)24-14-19-6-5-7-21(22(19)15-31-24)27-23-17-33(28(35)37-29(2,3)4)11-8-25(23)34(32-27)20-9-12-39(36)13-10-20/h5-7,14-16,20H,8-13,17H2,1-4H3. The van der Waals surface area contributed by atoms with Crippen LogP contribution in [0, 0.1) is 6.92 Å². The van der Waals surface area contributed by atoms with E-state index in [0.717, 1.165) is 56.0 Å². The summed E-state index contributed by atoms with van der Waals surface area (Å²) >= 11 is 1.63. The number of benzene rings is 1. The number of hydrogen-bond acceptors (Lipinski definition) is 7. The van der Waals surface area contributed by atoms with E-state index in [1.807, 2.05) is 40.1 Å². The van der Waals surface area contributed by atoms with Gasteiger partial charge in [0.05, 0.1) is 33.9 Å². The molecule has 1 saturated heterocycles. The zero-order valence-electron chi connectivity index (χ0n) is 22.8. The van der Waals surface area contributed by atoms with Crippen molar-refractivity contribution in [3.05, 3.63) is 52.9 Å². The number of aromatic nitrogens is 4. The Morgan fingerprint density at radius 3 is 2.67 bits per heavy atom. The summed E-state index contributed by atoms with van der Waals surface area (Å²) in [5.74, 6) is 1.41. The summed E-state index contributed by atoms with van der Waals surface area (Å²) in [6.45, 7) is 8.70. The lowest BCUT2D eigenvalue weighted by Gasteiger charge is -2.31. The van der Waals surface area contributed by atoms with Gasteiger partial charge in [-0.1, -0.05) is 18.2 Å². The molecule has 1 amide bonds. The molecule has 1 fully saturated rings. The number of ether oxygens (including phenoxy) is 1. The minimum absolute atomic E-state index is 0.215. The highest BCUT2D eigenvalue weighted by molar-refractivity contribution is 7.85. The second-order valence-corrected chi connectivity index (χ2v) is 14.2. The van der Waals surface area contributed by atoms with E-state index in [9.17, 15) is 9.00 Å². The molecule has 8 nitrogen and oxygen atoms in total. The molecule has 5 heterocycles. The topological polar surface area (TPSA) is 90.2 Å². The van der Waals surface area contributed by atoms with E-state index in [1.54, 1.807) is 16.2 Å². The van der Waals surface area contributed by atoms with Crippen LogP contribution in [-0.4, -0.2) is 58.6 Å². The number of pyridine rings is 1. The van der Waals surface area contributed by atoms with Crippen LogP contribution in [0.25, 0.3) is 32.6 Å². The van der Waals surface area contributed by atoms with Crippen molar-refractivity contribution in [2.24, 2.45) is 0 Å². The molecule has 0 unspecified atom stereocenters. The molecule has 0 bridgehead atoms. The molecular formula is C29H33N5O3S2. The molecule has 0 spiro atoms. The Labute approximate surface area is 234 Å². The zero-order chi connectivity index (χ0) is 27.3. The van der Waals surface area contributed by atoms with Crippen molar-refractivity contribution in [1.29, 1.82) is 0 Å². The van der Waals surface area contributed by atoms with Crippen molar-refractivity contribution in [2.75, 3.05) is 18.1 Å². The quantitative estimate of drug-likeness (QED) is 0.308. The number of aryl methyl sites for hydroxylation is 1. The molecule has 0 aliphatic carbocycles. The largest absolute Gasteiger partial charge is 0.444 e. The fourth-order valence-electron chi connectivity index (χ4n) is 5.47. The monoisotopic (exact) mass is 563 g/mol. The maximum atomic E-state index is 13.0. The van der Waals surface area contributed by atoms with Gasteiger partial charge in [-0.2, -0.15) is 5.10 Å². The lowest BCUT2D eigenvalue weighted by Crippen LogP contribution is -2.40. The third kappa shape index (κ3) is 5.24. The first kappa shape index (κ1) is 26.1. The number of amides is 1. The molecule has 0 atom stereocenters. The van der Waals surface area contributed by atoms with Crippen molar-refractivity contribution < 1.29 is 13.7 Å². The molecular weight excluding hydrogens is 530 g/mol. The molecule has 10 heteroatoms. The van der Waals surface area contributed by atoms with Gasteiger partial charge in [-0.05, 0) is 52.0 Å². The van der Waals surface area contributed by atoms with E-state index in [2.05, 4.69) is 33.9 Å². The smallest absolute Gasteiger partial charge is 0.410 e. The van der Waals surface area contributed by atoms with Gasteiger partial charge >= 0.3 is 6.09 Å². The fourth-order valence-corrected chi connectivity index (χ4v) is 7.48. The zero-order valence-corrected chi connectivity index (χ0v) is 24.4. The van der Waals surface area contributed by atoms with Gasteiger partial charge in [-0.3, -0.25) is 13.9 Å². The first-order chi connectivity index (χ1) is 18.7. The van der Waals surface area contributed by atoms with E-state index in [4.69, 9.17) is 14.8 Å². The van der Waals surface area contributed by atoms with Crippen LogP contribution in [0.5, 0.6) is 0 Å². The van der Waals surface area contributed by atoms with Crippen LogP contribution in [0.2, 0.25) is 0 Å². The summed E-state index contributed by atoms with van der Waals surface area (Å²) in [7, 11) is -0.745. The van der Waals surface area contributed by atoms with Crippen molar-refractivity contribution >= 4 is 39.0 Å². The Hall–Kier alpha value is -3.11. The number of thiazole rings is 1. The average Bonchev–Trinajstić information content (AvgIpc) is 3.51. The minimum atomic E-state index is -0.745. The molecule has 0 N–H and O–H groups in total. The Kier molecular flexibility index (Phi) is 6.79. The van der Waals surface area contributed by atoms with Crippen LogP contribution < -0.4 is 0 Å². The third-order valence-corrected chi connectivity index (χ3v) is 9.65. The summed E-state index contributed by atoms with van der Waals surface area (Å²) in [6.07, 6.45) is 5.91. The van der Waals surface area contributed by atoms with Gasteiger partial charge in [-0.25, -0.2) is 9.78 Å². The molecule has 0 saturated carbocycles. The molecule has 204 valence electrons. The van der Waals surface area contributed by atoms with E-state index in [1.165, 1.54) is 5.69 Å². The maximum absolute atomic E-state index is 13.0. The summed E-state index contributed by atoms with van der Waals surface area (Å²) in [5.41, 5.74) is 4.48. The Morgan fingerprint density at radius 1 is 1.15 bits per heavy atom. The normalized spacial score (nSPS) is 19.7. The maximum Gasteiger partial charge on any atom is 0.410 e. The van der Waals surface area contributed by atoms with Gasteiger partial charge in [0.25, 0.3) is 0 Å². The highest BCUT2D eigenvalue weighted by Crippen LogP contribution is 2.38. The second kappa shape index (κ2) is 10.1. The summed E-state index contributed by atoms with van der Waals surface area (Å²) < 4.78 is 20.0. The Morgan fingerprint density at radius 2 is 1.95 bits per heavy atom. The van der Waals surface area contributed by atoms with Crippen LogP contribution in [0.1, 0.15) is 55.9 Å². The van der Waals surface area contributed by atoms with Gasteiger partial charge in [0.1, 0.15) is 5.60 Å². The van der Waals surface area contributed by atoms with Gasteiger partial charge < -0.3 is 9.64 Å². The lowest BCUT2D eigenvalue weighted by molar-refractivity contribution is 0.0222. The molecule has 2 aliphatic heterocycles. The van der Waals surface area contributed by atoms with Crippen LogP contribution in [0.3, 0.4) is 0 Å². The number of rotatable bonds is 3. The van der Waals surface area contributed by atoms with E-state index >= 15 is 0 Å². The number of nitrogens with zero attached hydrogens (tertiary/aromatic N) is 5. The van der Waals surface area contributed by atoms with E-state index < -0.39 is 16.4 Å². The molecule has 4 aromatic rings. The Bertz CT molecular complexity index is 1580. The highest BCUT2D eigenvalue weighted by Gasteiger charge is 2.33. The van der Waals surface area contributed by atoms with Gasteiger partial charge in [0, 0.05) is 69.9 Å². The van der Waals surface area contributed by atoms with Crippen molar-refractivity contribution in [2.45, 2.75) is 65.1 Å². The molecule has 3 aromatic heterocycles. The van der Waals surface area contributed by atoms with Crippen molar-refractivity contribution in [3.63, 3.8) is 0 Å². The van der Waals surface area contributed by atoms with E-state index in [-0.39, 0.29) is 12.1 Å². The summed E-state index contributed by atoms with van der Waals surface area (Å²) in [5, 5.41) is 8.33. The Balaban J connectivity index is 1.43. The van der Waals surface area contributed by atoms with E-state index in [0.29, 0.717) is 31.0 Å². The van der Waals surface area contributed by atoms with Gasteiger partial charge in [-0.15, -0.1) is 11.3 Å². The molecule has 0 radical (unpaired) electrons. The van der Waals surface area contributed by atoms with Crippen LogP contribution >= 0.6 is 11.3 Å². The van der Waals surface area contributed by atoms with Crippen LogP contribution in [-0.2, 0) is 28.5 Å². The lowest BCUT2D eigenvalue weighted by atomic mass is 9.97. The van der Waals surface area contributed by atoms with Gasteiger partial charge in [0.2, 0.25) is 0 Å². The SMILES string of the molecule is Cc1ncc(-c2cc3cccc(-c4nn(C5CCS(=O)CC5)c5c4CN(C(=O)OC(C)(C)C)CC5)c3cn2)s1. The molecule has 1 aromatic carbocycles. The minimum Gasteiger partial charge on any atom is -0.444 e. The van der Waals surface area contributed by atoms with Crippen molar-refractivity contribution in [1.82, 2.24) is 24.6 Å². The third-order valence-electron chi connectivity index (χ3n) is 7.33. The average molecular weight is 564 g/mol. The number of carbonyl (C=O) groups is 1. The molecule has 39 heavy (non-hydrogen) atoms. The fraction of sp³-hybridized carbons (Fsp3) is 0.448. The number of hydrogen-bond donors (Lipinski definition) is 0. The summed E-state index contributed by atoms with van der Waals surface area (Å²) in [4.78, 5) is 25.0. The molecule has 6 rings (SSSR count). The predicted molar refractivity (Wildman–Crippen MR) is 155 cm³/mol.